The molecule has 2 aliphatic rings. The first-order valence-electron chi connectivity index (χ1n) is 9.93. The lowest BCUT2D eigenvalue weighted by Crippen LogP contribution is -2.36. The van der Waals surface area contributed by atoms with Gasteiger partial charge in [-0.2, -0.15) is 0 Å². The Labute approximate surface area is 161 Å². The number of para-hydroxylation sites is 1. The van der Waals surface area contributed by atoms with Gasteiger partial charge in [-0.15, -0.1) is 0 Å². The zero-order valence-electron chi connectivity index (χ0n) is 16.7. The SMILES string of the molecule is CCOc1c(OC)cccc1[C@@H]1Nc2c(C)cc(C)cc2[C@H]2OCCC[C@H]21. The maximum Gasteiger partial charge on any atom is 0.166 e. The van der Waals surface area contributed by atoms with E-state index in [1.807, 2.05) is 13.0 Å². The van der Waals surface area contributed by atoms with Crippen molar-refractivity contribution in [3.05, 3.63) is 52.6 Å². The van der Waals surface area contributed by atoms with Crippen LogP contribution in [0.15, 0.2) is 30.3 Å². The molecule has 2 aliphatic heterocycles. The van der Waals surface area contributed by atoms with E-state index in [0.29, 0.717) is 12.5 Å². The van der Waals surface area contributed by atoms with Crippen LogP contribution in [-0.2, 0) is 4.74 Å². The highest BCUT2D eigenvalue weighted by atomic mass is 16.5. The second-order valence-corrected chi connectivity index (χ2v) is 7.58. The van der Waals surface area contributed by atoms with E-state index < -0.39 is 0 Å². The number of ether oxygens (including phenoxy) is 3. The van der Waals surface area contributed by atoms with Crippen LogP contribution in [0.5, 0.6) is 11.5 Å². The number of fused-ring (bicyclic) bond motifs is 3. The fraction of sp³-hybridized carbons (Fsp3) is 0.478. The standard InChI is InChI=1S/C23H29NO3/c1-5-26-23-17(8-6-10-19(23)25-4)21-16-9-7-11-27-22(16)18-13-14(2)12-15(3)20(18)24-21/h6,8,10,12-13,16,21-22,24H,5,7,9,11H2,1-4H3/t16-,21+,22-/m0/s1. The van der Waals surface area contributed by atoms with E-state index in [0.717, 1.165) is 36.5 Å². The van der Waals surface area contributed by atoms with Gasteiger partial charge in [-0.3, -0.25) is 0 Å². The summed E-state index contributed by atoms with van der Waals surface area (Å²) in [6.45, 7) is 7.79. The van der Waals surface area contributed by atoms with Crippen LogP contribution < -0.4 is 14.8 Å². The van der Waals surface area contributed by atoms with E-state index in [-0.39, 0.29) is 12.1 Å². The monoisotopic (exact) mass is 367 g/mol. The van der Waals surface area contributed by atoms with Crippen LogP contribution in [0, 0.1) is 19.8 Å². The van der Waals surface area contributed by atoms with Crippen LogP contribution in [0.2, 0.25) is 0 Å². The minimum absolute atomic E-state index is 0.124. The molecule has 0 radical (unpaired) electrons. The number of rotatable bonds is 4. The van der Waals surface area contributed by atoms with Gasteiger partial charge >= 0.3 is 0 Å². The van der Waals surface area contributed by atoms with E-state index in [1.165, 1.54) is 22.4 Å². The van der Waals surface area contributed by atoms with Gasteiger partial charge in [-0.1, -0.05) is 29.8 Å². The molecule has 144 valence electrons. The zero-order valence-corrected chi connectivity index (χ0v) is 16.7. The molecule has 0 spiro atoms. The number of anilines is 1. The van der Waals surface area contributed by atoms with Crippen molar-refractivity contribution in [2.24, 2.45) is 5.92 Å². The van der Waals surface area contributed by atoms with Crippen LogP contribution >= 0.6 is 0 Å². The van der Waals surface area contributed by atoms with E-state index in [9.17, 15) is 0 Å². The summed E-state index contributed by atoms with van der Waals surface area (Å²) in [6, 6.07) is 10.8. The first-order chi connectivity index (χ1) is 13.1. The summed E-state index contributed by atoms with van der Waals surface area (Å²) in [6.07, 6.45) is 2.35. The van der Waals surface area contributed by atoms with Crippen LogP contribution in [0.25, 0.3) is 0 Å². The van der Waals surface area contributed by atoms with E-state index >= 15 is 0 Å². The molecule has 1 N–H and O–H groups in total. The number of nitrogens with one attached hydrogen (secondary N) is 1. The summed E-state index contributed by atoms with van der Waals surface area (Å²) < 4.78 is 17.9. The third-order valence-corrected chi connectivity index (χ3v) is 5.77. The maximum atomic E-state index is 6.31. The molecule has 0 bridgehead atoms. The first kappa shape index (κ1) is 18.2. The molecule has 2 aromatic carbocycles. The molecule has 0 aromatic heterocycles. The van der Waals surface area contributed by atoms with Crippen molar-refractivity contribution < 1.29 is 14.2 Å². The molecule has 4 nitrogen and oxygen atoms in total. The van der Waals surface area contributed by atoms with Crippen LogP contribution in [-0.4, -0.2) is 20.3 Å². The van der Waals surface area contributed by atoms with Gasteiger partial charge in [0.25, 0.3) is 0 Å². The van der Waals surface area contributed by atoms with Crippen molar-refractivity contribution in [2.75, 3.05) is 25.6 Å². The summed E-state index contributed by atoms with van der Waals surface area (Å²) in [7, 11) is 1.70. The molecule has 3 atom stereocenters. The van der Waals surface area contributed by atoms with Gasteiger partial charge in [0.15, 0.2) is 11.5 Å². The topological polar surface area (TPSA) is 39.7 Å². The van der Waals surface area contributed by atoms with Crippen molar-refractivity contribution in [1.82, 2.24) is 0 Å². The molecule has 0 unspecified atom stereocenters. The molecule has 1 fully saturated rings. The van der Waals surface area contributed by atoms with E-state index in [4.69, 9.17) is 14.2 Å². The van der Waals surface area contributed by atoms with Crippen LogP contribution in [0.1, 0.15) is 54.2 Å². The lowest BCUT2D eigenvalue weighted by molar-refractivity contribution is -0.0384. The van der Waals surface area contributed by atoms with E-state index in [2.05, 4.69) is 43.4 Å². The van der Waals surface area contributed by atoms with Crippen LogP contribution in [0.3, 0.4) is 0 Å². The molecule has 2 aromatic rings. The number of methoxy groups -OCH3 is 1. The Kier molecular flexibility index (Phi) is 5.00. The molecule has 1 saturated heterocycles. The highest BCUT2D eigenvalue weighted by Gasteiger charge is 2.41. The highest BCUT2D eigenvalue weighted by molar-refractivity contribution is 5.64. The Bertz CT molecular complexity index is 833. The number of hydrogen-bond donors (Lipinski definition) is 1. The average molecular weight is 367 g/mol. The van der Waals surface area contributed by atoms with Crippen molar-refractivity contribution in [2.45, 2.75) is 45.8 Å². The van der Waals surface area contributed by atoms with Gasteiger partial charge < -0.3 is 19.5 Å². The lowest BCUT2D eigenvalue weighted by Gasteiger charge is -2.44. The fourth-order valence-corrected chi connectivity index (χ4v) is 4.70. The second-order valence-electron chi connectivity index (χ2n) is 7.58. The molecule has 0 aliphatic carbocycles. The predicted octanol–water partition coefficient (Wildman–Crippen LogP) is 5.35. The highest BCUT2D eigenvalue weighted by Crippen LogP contribution is 2.52. The largest absolute Gasteiger partial charge is 0.493 e. The third kappa shape index (κ3) is 3.16. The number of aryl methyl sites for hydroxylation is 2. The Morgan fingerprint density at radius 2 is 2.04 bits per heavy atom. The molecule has 27 heavy (non-hydrogen) atoms. The molecule has 0 amide bonds. The zero-order chi connectivity index (χ0) is 19.0. The Morgan fingerprint density at radius 1 is 1.19 bits per heavy atom. The van der Waals surface area contributed by atoms with Gasteiger partial charge in [-0.05, 0) is 45.2 Å². The quantitative estimate of drug-likeness (QED) is 0.791. The van der Waals surface area contributed by atoms with E-state index in [1.54, 1.807) is 7.11 Å². The van der Waals surface area contributed by atoms with Crippen molar-refractivity contribution >= 4 is 5.69 Å². The molecule has 0 saturated carbocycles. The summed E-state index contributed by atoms with van der Waals surface area (Å²) in [5.74, 6) is 2.01. The molecule has 2 heterocycles. The predicted molar refractivity (Wildman–Crippen MR) is 108 cm³/mol. The summed E-state index contributed by atoms with van der Waals surface area (Å²) in [5.41, 5.74) is 6.22. The molecule has 4 rings (SSSR count). The van der Waals surface area contributed by atoms with Gasteiger partial charge in [-0.25, -0.2) is 0 Å². The molecular formula is C23H29NO3. The van der Waals surface area contributed by atoms with Gasteiger partial charge in [0.1, 0.15) is 0 Å². The summed E-state index contributed by atoms with van der Waals surface area (Å²) in [4.78, 5) is 0. The van der Waals surface area contributed by atoms with Gasteiger partial charge in [0.2, 0.25) is 0 Å². The minimum atomic E-state index is 0.124. The average Bonchev–Trinajstić information content (AvgIpc) is 2.68. The second kappa shape index (κ2) is 7.43. The van der Waals surface area contributed by atoms with Crippen molar-refractivity contribution in [1.29, 1.82) is 0 Å². The summed E-state index contributed by atoms with van der Waals surface area (Å²) >= 11 is 0. The third-order valence-electron chi connectivity index (χ3n) is 5.77. The maximum absolute atomic E-state index is 6.31. The molecular weight excluding hydrogens is 338 g/mol. The Morgan fingerprint density at radius 3 is 2.81 bits per heavy atom. The molecule has 4 heteroatoms. The summed E-state index contributed by atoms with van der Waals surface area (Å²) in [5, 5.41) is 3.84. The number of benzene rings is 2. The Hall–Kier alpha value is -2.20. The van der Waals surface area contributed by atoms with Gasteiger partial charge in [0, 0.05) is 29.3 Å². The van der Waals surface area contributed by atoms with Crippen molar-refractivity contribution in [3.8, 4) is 11.5 Å². The van der Waals surface area contributed by atoms with Gasteiger partial charge in [0.05, 0.1) is 25.9 Å². The lowest BCUT2D eigenvalue weighted by atomic mass is 9.76. The van der Waals surface area contributed by atoms with Crippen molar-refractivity contribution in [3.63, 3.8) is 0 Å². The smallest absolute Gasteiger partial charge is 0.166 e. The first-order valence-corrected chi connectivity index (χ1v) is 9.93. The Balaban J connectivity index is 1.84. The normalized spacial score (nSPS) is 23.8. The minimum Gasteiger partial charge on any atom is -0.493 e. The number of hydrogen-bond acceptors (Lipinski definition) is 4. The fourth-order valence-electron chi connectivity index (χ4n) is 4.70. The van der Waals surface area contributed by atoms with Crippen LogP contribution in [0.4, 0.5) is 5.69 Å².